The number of hydrazone groups is 1. The van der Waals surface area contributed by atoms with Gasteiger partial charge in [-0.3, -0.25) is 4.79 Å². The number of amides is 1. The number of nitrogens with zero attached hydrogens (tertiary/aromatic N) is 2. The monoisotopic (exact) mass is 472 g/mol. The van der Waals surface area contributed by atoms with Crippen LogP contribution in [0.3, 0.4) is 0 Å². The Labute approximate surface area is 197 Å². The van der Waals surface area contributed by atoms with Crippen molar-refractivity contribution in [1.29, 1.82) is 0 Å². The number of hydrogen-bond acceptors (Lipinski definition) is 8. The number of ether oxygens (including phenoxy) is 4. The molecule has 9 heteroatoms. The number of methoxy groups -OCH3 is 2. The van der Waals surface area contributed by atoms with Crippen molar-refractivity contribution in [3.63, 3.8) is 0 Å². The van der Waals surface area contributed by atoms with Crippen LogP contribution in [0.1, 0.15) is 25.0 Å². The van der Waals surface area contributed by atoms with Crippen LogP contribution >= 0.6 is 24.0 Å². The maximum absolute atomic E-state index is 12.9. The molecular formula is C23H24N2O5S2. The van der Waals surface area contributed by atoms with E-state index in [4.69, 9.17) is 31.2 Å². The number of rotatable bonds is 9. The lowest BCUT2D eigenvalue weighted by Gasteiger charge is -2.10. The van der Waals surface area contributed by atoms with Gasteiger partial charge in [0.15, 0.2) is 27.3 Å². The Kier molecular flexibility index (Phi) is 8.13. The van der Waals surface area contributed by atoms with Crippen LogP contribution < -0.4 is 18.9 Å². The second-order valence-corrected chi connectivity index (χ2v) is 8.10. The molecule has 2 aromatic carbocycles. The first-order valence-corrected chi connectivity index (χ1v) is 11.2. The summed E-state index contributed by atoms with van der Waals surface area (Å²) in [6.45, 7) is 4.88. The van der Waals surface area contributed by atoms with Gasteiger partial charge in [0.1, 0.15) is 0 Å². The Morgan fingerprint density at radius 3 is 2.06 bits per heavy atom. The van der Waals surface area contributed by atoms with Crippen LogP contribution in [-0.2, 0) is 4.79 Å². The average molecular weight is 473 g/mol. The third-order valence-corrected chi connectivity index (χ3v) is 5.65. The fourth-order valence-corrected chi connectivity index (χ4v) is 4.10. The molecule has 1 saturated heterocycles. The topological polar surface area (TPSA) is 69.6 Å². The van der Waals surface area contributed by atoms with Crippen molar-refractivity contribution in [2.45, 2.75) is 13.8 Å². The minimum absolute atomic E-state index is 0.290. The molecule has 0 bridgehead atoms. The van der Waals surface area contributed by atoms with Gasteiger partial charge in [-0.25, -0.2) is 0 Å². The molecule has 0 N–H and O–H groups in total. The summed E-state index contributed by atoms with van der Waals surface area (Å²) in [5, 5.41) is 5.49. The van der Waals surface area contributed by atoms with Crippen molar-refractivity contribution in [2.24, 2.45) is 5.10 Å². The summed E-state index contributed by atoms with van der Waals surface area (Å²) >= 11 is 6.55. The van der Waals surface area contributed by atoms with Crippen molar-refractivity contribution in [2.75, 3.05) is 27.4 Å². The first-order chi connectivity index (χ1) is 15.5. The fourth-order valence-electron chi connectivity index (χ4n) is 2.92. The lowest BCUT2D eigenvalue weighted by Crippen LogP contribution is -2.22. The number of carbonyl (C=O) groups is 1. The van der Waals surface area contributed by atoms with Crippen molar-refractivity contribution in [3.05, 3.63) is 52.4 Å². The Balaban J connectivity index is 1.79. The molecule has 1 fully saturated rings. The predicted molar refractivity (Wildman–Crippen MR) is 131 cm³/mol. The summed E-state index contributed by atoms with van der Waals surface area (Å²) in [7, 11) is 3.15. The van der Waals surface area contributed by atoms with Crippen LogP contribution in [0.4, 0.5) is 0 Å². The number of hydrogen-bond donors (Lipinski definition) is 0. The third kappa shape index (κ3) is 5.41. The third-order valence-electron chi connectivity index (χ3n) is 4.37. The van der Waals surface area contributed by atoms with Gasteiger partial charge in [-0.1, -0.05) is 17.8 Å². The van der Waals surface area contributed by atoms with Gasteiger partial charge in [0.25, 0.3) is 5.91 Å². The van der Waals surface area contributed by atoms with E-state index in [-0.39, 0.29) is 5.91 Å². The molecule has 0 saturated carbocycles. The summed E-state index contributed by atoms with van der Waals surface area (Å²) in [4.78, 5) is 13.3. The number of carbonyl (C=O) groups excluding carboxylic acids is 1. The summed E-state index contributed by atoms with van der Waals surface area (Å²) < 4.78 is 22.1. The molecule has 3 rings (SSSR count). The maximum Gasteiger partial charge on any atom is 0.286 e. The van der Waals surface area contributed by atoms with E-state index in [1.165, 1.54) is 16.8 Å². The van der Waals surface area contributed by atoms with E-state index in [2.05, 4.69) is 5.10 Å². The van der Waals surface area contributed by atoms with Gasteiger partial charge in [0.2, 0.25) is 0 Å². The van der Waals surface area contributed by atoms with Crippen molar-refractivity contribution in [1.82, 2.24) is 5.01 Å². The Morgan fingerprint density at radius 2 is 1.50 bits per heavy atom. The van der Waals surface area contributed by atoms with Crippen LogP contribution in [0.15, 0.2) is 46.4 Å². The highest BCUT2D eigenvalue weighted by Crippen LogP contribution is 2.35. The van der Waals surface area contributed by atoms with Crippen molar-refractivity contribution in [3.8, 4) is 23.0 Å². The molecule has 0 spiro atoms. The van der Waals surface area contributed by atoms with Gasteiger partial charge in [-0.05, 0) is 73.6 Å². The smallest absolute Gasteiger partial charge is 0.286 e. The van der Waals surface area contributed by atoms with Gasteiger partial charge < -0.3 is 18.9 Å². The molecule has 2 aromatic rings. The average Bonchev–Trinajstić information content (AvgIpc) is 3.06. The second kappa shape index (κ2) is 11.0. The Hall–Kier alpha value is -3.04. The molecule has 0 aromatic heterocycles. The van der Waals surface area contributed by atoms with Gasteiger partial charge in [-0.2, -0.15) is 10.1 Å². The zero-order chi connectivity index (χ0) is 23.1. The molecule has 1 amide bonds. The van der Waals surface area contributed by atoms with E-state index < -0.39 is 0 Å². The van der Waals surface area contributed by atoms with E-state index in [1.54, 1.807) is 38.6 Å². The van der Waals surface area contributed by atoms with Crippen molar-refractivity contribution >= 4 is 46.5 Å². The SMILES string of the molecule is CCOc1ccc(/C=N\N2C(=O)/C(=C/c3ccc(OCC)c(OC)c3)SC2=S)cc1OC. The highest BCUT2D eigenvalue weighted by molar-refractivity contribution is 8.26. The zero-order valence-electron chi connectivity index (χ0n) is 18.3. The number of thioether (sulfide) groups is 1. The van der Waals surface area contributed by atoms with E-state index >= 15 is 0 Å². The molecule has 0 radical (unpaired) electrons. The quantitative estimate of drug-likeness (QED) is 0.297. The minimum atomic E-state index is -0.290. The van der Waals surface area contributed by atoms with E-state index in [1.807, 2.05) is 38.1 Å². The maximum atomic E-state index is 12.9. The van der Waals surface area contributed by atoms with Crippen molar-refractivity contribution < 1.29 is 23.7 Å². The summed E-state index contributed by atoms with van der Waals surface area (Å²) in [5.41, 5.74) is 1.55. The molecular weight excluding hydrogens is 448 g/mol. The molecule has 1 aliphatic rings. The molecule has 0 atom stereocenters. The van der Waals surface area contributed by atoms with Crippen LogP contribution in [0, 0.1) is 0 Å². The predicted octanol–water partition coefficient (Wildman–Crippen LogP) is 4.74. The normalized spacial score (nSPS) is 15.0. The van der Waals surface area contributed by atoms with Gasteiger partial charge in [0, 0.05) is 0 Å². The first kappa shape index (κ1) is 23.6. The zero-order valence-corrected chi connectivity index (χ0v) is 19.9. The molecule has 1 aliphatic heterocycles. The van der Waals surface area contributed by atoms with Crippen LogP contribution in [0.5, 0.6) is 23.0 Å². The van der Waals surface area contributed by atoms with Crippen LogP contribution in [0.2, 0.25) is 0 Å². The van der Waals surface area contributed by atoms with E-state index in [9.17, 15) is 4.79 Å². The molecule has 32 heavy (non-hydrogen) atoms. The lowest BCUT2D eigenvalue weighted by atomic mass is 10.2. The molecule has 7 nitrogen and oxygen atoms in total. The summed E-state index contributed by atoms with van der Waals surface area (Å²) in [6, 6.07) is 10.9. The highest BCUT2D eigenvalue weighted by Gasteiger charge is 2.32. The summed E-state index contributed by atoms with van der Waals surface area (Å²) in [5.74, 6) is 2.19. The number of thiocarbonyl (C=S) groups is 1. The number of benzene rings is 2. The largest absolute Gasteiger partial charge is 0.493 e. The molecule has 168 valence electrons. The minimum Gasteiger partial charge on any atom is -0.493 e. The second-order valence-electron chi connectivity index (χ2n) is 6.42. The standard InChI is InChI=1S/C23H24N2O5S2/c1-5-29-17-9-7-15(11-19(17)27-3)13-21-22(26)25(23(31)32-21)24-14-16-8-10-18(30-6-2)20(12-16)28-4/h7-14H,5-6H2,1-4H3/b21-13-,24-14-. The molecule has 0 unspecified atom stereocenters. The Bertz CT molecular complexity index is 1070. The van der Waals surface area contributed by atoms with E-state index in [0.717, 1.165) is 11.1 Å². The van der Waals surface area contributed by atoms with E-state index in [0.29, 0.717) is 45.4 Å². The first-order valence-electron chi connectivity index (χ1n) is 9.94. The van der Waals surface area contributed by atoms with Gasteiger partial charge >= 0.3 is 0 Å². The van der Waals surface area contributed by atoms with Crippen LogP contribution in [0.25, 0.3) is 6.08 Å². The summed E-state index contributed by atoms with van der Waals surface area (Å²) in [6.07, 6.45) is 3.32. The fraction of sp³-hybridized carbons (Fsp3) is 0.261. The molecule has 1 heterocycles. The lowest BCUT2D eigenvalue weighted by molar-refractivity contribution is -0.122. The van der Waals surface area contributed by atoms with Gasteiger partial charge in [-0.15, -0.1) is 0 Å². The highest BCUT2D eigenvalue weighted by atomic mass is 32.2. The Morgan fingerprint density at radius 1 is 0.938 bits per heavy atom. The molecule has 0 aliphatic carbocycles. The van der Waals surface area contributed by atoms with Crippen LogP contribution in [-0.4, -0.2) is 48.9 Å². The van der Waals surface area contributed by atoms with Gasteiger partial charge in [0.05, 0.1) is 38.6 Å².